The van der Waals surface area contributed by atoms with Gasteiger partial charge in [-0.1, -0.05) is 0 Å². The van der Waals surface area contributed by atoms with E-state index in [1.807, 2.05) is 0 Å². The van der Waals surface area contributed by atoms with Crippen molar-refractivity contribution in [3.8, 4) is 0 Å². The van der Waals surface area contributed by atoms with Gasteiger partial charge in [0, 0.05) is 127 Å². The summed E-state index contributed by atoms with van der Waals surface area (Å²) in [7, 11) is 0. The van der Waals surface area contributed by atoms with Crippen LogP contribution in [0.5, 0.6) is 0 Å². The van der Waals surface area contributed by atoms with E-state index in [2.05, 4.69) is 21.3 Å². The molecule has 3 rings (SSSR count). The van der Waals surface area contributed by atoms with E-state index < -0.39 is 223 Å². The van der Waals surface area contributed by atoms with Crippen molar-refractivity contribution in [3.05, 3.63) is 0 Å². The SMILES string of the molecule is CC(=O)OC[C@H]1O[C@@H](CCC(=O)NCCCC[C@H](NC(=O)[C@H](CCCCNC(=O)CCS[C@@H]2O[C@H](COC(C)=O)[C@H](OC(C)=O)[C@H](OC(C)=O)[C@H]2OC(C)=O)NC(=O)CCS[C@@H]2O[C@H](COC(C)=O)[C@H](OC(C)=O)[C@H](OC(C)=O)[C@H]2OC(C)=O)C(=O)O)[C@H](OC(C)=O)[C@@H](OC(C)=O)[C@H]1OC(C)=O. The standard InChI is InChI=1S/C63H92N4O33S2/c1-30(68)86-27-45-52(90-34(5)72)55(93-37(8)75)51(89-33(4)71)44(98-45)19-20-48(80)64-23-16-14-18-43(61(84)85)67-60(83)42(66-50(82)22-26-102-63-59(97-41(12)79)57(95-39(10)77)54(92-36(7)74)47(100-63)29-88-32(3)70)17-13-15-24-65-49(81)21-25-101-62-58(96-40(11)78)56(94-38(9)76)53(91-35(6)73)46(99-62)28-87-31(2)69/h42-47,51-59,62-63H,13-29H2,1-12H3,(H,64,80)(H,65,81)(H,66,82)(H,67,83)(H,84,85)/t42-,43-,44-,45+,46+,47+,51-,52-,53-,54-,55+,56-,57-,58+,59+,62-,63-/m0/s1. The van der Waals surface area contributed by atoms with Gasteiger partial charge in [-0.15, -0.1) is 23.5 Å². The molecule has 574 valence electrons. The van der Waals surface area contributed by atoms with Crippen molar-refractivity contribution in [1.29, 1.82) is 0 Å². The molecule has 0 aromatic rings. The van der Waals surface area contributed by atoms with Crippen LogP contribution >= 0.6 is 23.5 Å². The van der Waals surface area contributed by atoms with E-state index in [-0.39, 0.29) is 88.8 Å². The number of carbonyl (C=O) groups is 17. The molecule has 4 amide bonds. The molecule has 17 atom stereocenters. The van der Waals surface area contributed by atoms with Gasteiger partial charge in [-0.25, -0.2) is 4.79 Å². The third-order valence-corrected chi connectivity index (χ3v) is 16.9. The minimum atomic E-state index is -1.55. The topological polar surface area (TPSA) is 497 Å². The number of carboxylic acid groups (broad SMARTS) is 1. The molecule has 0 spiro atoms. The fourth-order valence-electron chi connectivity index (χ4n) is 10.6. The predicted octanol–water partition coefficient (Wildman–Crippen LogP) is -0.0678. The lowest BCUT2D eigenvalue weighted by atomic mass is 9.91. The third kappa shape index (κ3) is 32.7. The van der Waals surface area contributed by atoms with E-state index in [0.29, 0.717) is 0 Å². The number of hydrogen-bond acceptors (Lipinski definition) is 34. The Morgan fingerprint density at radius 3 is 1.00 bits per heavy atom. The summed E-state index contributed by atoms with van der Waals surface area (Å²) in [5.74, 6) is -14.1. The molecule has 0 saturated carbocycles. The summed E-state index contributed by atoms with van der Waals surface area (Å²) in [6, 6.07) is -2.96. The number of carboxylic acids is 1. The third-order valence-electron chi connectivity index (χ3n) is 14.6. The van der Waals surface area contributed by atoms with E-state index in [0.717, 1.165) is 107 Å². The normalized spacial score (nSPS) is 24.8. The Kier molecular flexibility index (Phi) is 38.6. The van der Waals surface area contributed by atoms with Crippen LogP contribution in [0.15, 0.2) is 0 Å². The lowest BCUT2D eigenvalue weighted by Crippen LogP contribution is -2.62. The zero-order valence-electron chi connectivity index (χ0n) is 58.7. The molecule has 39 heteroatoms. The number of rotatable bonds is 40. The highest BCUT2D eigenvalue weighted by Gasteiger charge is 2.55. The van der Waals surface area contributed by atoms with Crippen LogP contribution in [-0.4, -0.2) is 253 Å². The van der Waals surface area contributed by atoms with E-state index in [4.69, 9.17) is 71.1 Å². The molecule has 0 aliphatic carbocycles. The molecule has 5 N–H and O–H groups in total. The predicted molar refractivity (Wildman–Crippen MR) is 344 cm³/mol. The van der Waals surface area contributed by atoms with Crippen LogP contribution in [0.1, 0.15) is 147 Å². The van der Waals surface area contributed by atoms with Crippen molar-refractivity contribution >= 4 is 125 Å². The van der Waals surface area contributed by atoms with Crippen LogP contribution in [0.25, 0.3) is 0 Å². The van der Waals surface area contributed by atoms with Gasteiger partial charge < -0.3 is 97.4 Å². The minimum Gasteiger partial charge on any atom is -0.480 e. The number of nitrogens with one attached hydrogen (secondary N) is 4. The smallest absolute Gasteiger partial charge is 0.326 e. The Hall–Kier alpha value is -8.43. The minimum absolute atomic E-state index is 0.00267. The zero-order chi connectivity index (χ0) is 76.5. The second-order valence-corrected chi connectivity index (χ2v) is 25.8. The molecule has 0 unspecified atom stereocenters. The molecule has 0 aromatic carbocycles. The van der Waals surface area contributed by atoms with Crippen LogP contribution in [0.3, 0.4) is 0 Å². The summed E-state index contributed by atoms with van der Waals surface area (Å²) in [6.45, 7) is 11.4. The first kappa shape index (κ1) is 87.8. The lowest BCUT2D eigenvalue weighted by molar-refractivity contribution is -0.253. The molecule has 3 fully saturated rings. The maximum Gasteiger partial charge on any atom is 0.326 e. The molecule has 0 aromatic heterocycles. The van der Waals surface area contributed by atoms with Gasteiger partial charge in [0.05, 0.1) is 6.10 Å². The van der Waals surface area contributed by atoms with Crippen LogP contribution < -0.4 is 21.3 Å². The summed E-state index contributed by atoms with van der Waals surface area (Å²) in [6.07, 6.45) is -18.5. The van der Waals surface area contributed by atoms with E-state index in [9.17, 15) is 86.6 Å². The maximum atomic E-state index is 14.1. The largest absolute Gasteiger partial charge is 0.480 e. The fourth-order valence-corrected chi connectivity index (χ4v) is 13.0. The van der Waals surface area contributed by atoms with Gasteiger partial charge in [-0.05, 0) is 44.9 Å². The summed E-state index contributed by atoms with van der Waals surface area (Å²) in [4.78, 5) is 213. The summed E-state index contributed by atoms with van der Waals surface area (Å²) >= 11 is 1.85. The number of carbonyl (C=O) groups excluding carboxylic acids is 16. The highest BCUT2D eigenvalue weighted by Crippen LogP contribution is 2.37. The first-order valence-electron chi connectivity index (χ1n) is 32.5. The van der Waals surface area contributed by atoms with Gasteiger partial charge in [-0.2, -0.15) is 0 Å². The Bertz CT molecular complexity index is 2950. The van der Waals surface area contributed by atoms with Gasteiger partial charge in [-0.3, -0.25) is 76.7 Å². The molecule has 3 saturated heterocycles. The number of ether oxygens (including phenoxy) is 15. The molecule has 3 aliphatic rings. The Morgan fingerprint density at radius 2 is 0.647 bits per heavy atom. The van der Waals surface area contributed by atoms with Crippen molar-refractivity contribution in [2.75, 3.05) is 44.4 Å². The second kappa shape index (κ2) is 44.8. The summed E-state index contributed by atoms with van der Waals surface area (Å²) < 4.78 is 82.7. The first-order valence-corrected chi connectivity index (χ1v) is 34.6. The molecule has 102 heavy (non-hydrogen) atoms. The average Bonchev–Trinajstić information content (AvgIpc) is 0.801. The molecule has 0 bridgehead atoms. The van der Waals surface area contributed by atoms with E-state index >= 15 is 0 Å². The Labute approximate surface area is 595 Å². The first-order chi connectivity index (χ1) is 48.0. The highest BCUT2D eigenvalue weighted by atomic mass is 32.2. The zero-order valence-corrected chi connectivity index (χ0v) is 60.3. The number of esters is 12. The van der Waals surface area contributed by atoms with Crippen LogP contribution in [0, 0.1) is 0 Å². The maximum absolute atomic E-state index is 14.1. The molecular weight excluding hydrogens is 1400 g/mol. The average molecular weight is 1500 g/mol. The molecular formula is C63H92N4O33S2. The quantitative estimate of drug-likeness (QED) is 0.0305. The van der Waals surface area contributed by atoms with Gasteiger partial charge in [0.25, 0.3) is 0 Å². The Morgan fingerprint density at radius 1 is 0.343 bits per heavy atom. The highest BCUT2D eigenvalue weighted by molar-refractivity contribution is 8.00. The van der Waals surface area contributed by atoms with Gasteiger partial charge in [0.2, 0.25) is 23.6 Å². The monoisotopic (exact) mass is 1500 g/mol. The number of amides is 4. The summed E-state index contributed by atoms with van der Waals surface area (Å²) in [5.41, 5.74) is -2.42. The van der Waals surface area contributed by atoms with Crippen molar-refractivity contribution < 1.29 is 158 Å². The van der Waals surface area contributed by atoms with Gasteiger partial charge >= 0.3 is 77.6 Å². The van der Waals surface area contributed by atoms with Crippen LogP contribution in [0.4, 0.5) is 0 Å². The number of aliphatic carboxylic acids is 1. The number of hydrogen-bond donors (Lipinski definition) is 5. The van der Waals surface area contributed by atoms with Crippen molar-refractivity contribution in [2.45, 2.75) is 250 Å². The summed E-state index contributed by atoms with van der Waals surface area (Å²) in [5, 5.41) is 20.8. The molecule has 37 nitrogen and oxygen atoms in total. The van der Waals surface area contributed by atoms with Crippen LogP contribution in [-0.2, 0) is 153 Å². The van der Waals surface area contributed by atoms with Crippen molar-refractivity contribution in [1.82, 2.24) is 21.3 Å². The molecule has 0 radical (unpaired) electrons. The van der Waals surface area contributed by atoms with Crippen molar-refractivity contribution in [3.63, 3.8) is 0 Å². The molecule has 3 aliphatic heterocycles. The second-order valence-electron chi connectivity index (χ2n) is 23.4. The molecule has 3 heterocycles. The number of unbranched alkanes of at least 4 members (excludes halogenated alkanes) is 2. The Balaban J connectivity index is 1.78. The lowest BCUT2D eigenvalue weighted by Gasteiger charge is -2.44. The van der Waals surface area contributed by atoms with Gasteiger partial charge in [0.15, 0.2) is 54.9 Å². The van der Waals surface area contributed by atoms with Crippen molar-refractivity contribution in [2.24, 2.45) is 0 Å². The van der Waals surface area contributed by atoms with E-state index in [1.165, 1.54) is 0 Å². The van der Waals surface area contributed by atoms with E-state index in [1.54, 1.807) is 0 Å². The fraction of sp³-hybridized carbons (Fsp3) is 0.730. The van der Waals surface area contributed by atoms with Crippen LogP contribution in [0.2, 0.25) is 0 Å². The van der Waals surface area contributed by atoms with Gasteiger partial charge in [0.1, 0.15) is 61.1 Å². The number of thioether (sulfide) groups is 2.